The molecule has 0 heterocycles. The summed E-state index contributed by atoms with van der Waals surface area (Å²) in [6.07, 6.45) is 2.57. The Bertz CT molecular complexity index is 1190. The summed E-state index contributed by atoms with van der Waals surface area (Å²) in [7, 11) is -3.60. The largest absolute Gasteiger partial charge is 0.352 e. The van der Waals surface area contributed by atoms with Gasteiger partial charge in [-0.25, -0.2) is 8.42 Å². The van der Waals surface area contributed by atoms with Crippen molar-refractivity contribution in [2.75, 3.05) is 17.1 Å². The van der Waals surface area contributed by atoms with Crippen molar-refractivity contribution in [1.82, 2.24) is 10.2 Å². The molecule has 0 saturated carbocycles. The van der Waals surface area contributed by atoms with E-state index in [0.29, 0.717) is 27.2 Å². The van der Waals surface area contributed by atoms with Crippen molar-refractivity contribution in [2.45, 2.75) is 65.1 Å². The van der Waals surface area contributed by atoms with E-state index in [2.05, 4.69) is 5.32 Å². The molecule has 2 atom stereocenters. The molecule has 0 aliphatic rings. The zero-order valence-corrected chi connectivity index (χ0v) is 24.6. The Morgan fingerprint density at radius 2 is 1.70 bits per heavy atom. The second-order valence-electron chi connectivity index (χ2n) is 8.93. The molecule has 2 amide bonds. The maximum absolute atomic E-state index is 13.5. The van der Waals surface area contributed by atoms with E-state index in [4.69, 9.17) is 34.8 Å². The van der Waals surface area contributed by atoms with Gasteiger partial charge in [0.15, 0.2) is 0 Å². The van der Waals surface area contributed by atoms with Gasteiger partial charge in [0.05, 0.1) is 22.0 Å². The van der Waals surface area contributed by atoms with Crippen LogP contribution in [0.1, 0.15) is 52.0 Å². The second-order valence-corrected chi connectivity index (χ2v) is 12.1. The van der Waals surface area contributed by atoms with E-state index >= 15 is 0 Å². The highest BCUT2D eigenvalue weighted by Crippen LogP contribution is 2.25. The molecule has 0 radical (unpaired) electrons. The fraction of sp³-hybridized carbons (Fsp3) is 0.462. The molecule has 7 nitrogen and oxygen atoms in total. The van der Waals surface area contributed by atoms with Crippen molar-refractivity contribution in [2.24, 2.45) is 0 Å². The number of sulfonamides is 1. The Morgan fingerprint density at radius 3 is 2.27 bits per heavy atom. The minimum absolute atomic E-state index is 0.0375. The van der Waals surface area contributed by atoms with Gasteiger partial charge in [0.2, 0.25) is 21.8 Å². The van der Waals surface area contributed by atoms with E-state index in [0.717, 1.165) is 18.2 Å². The molecule has 0 spiro atoms. The summed E-state index contributed by atoms with van der Waals surface area (Å²) in [6.45, 7) is 5.97. The van der Waals surface area contributed by atoms with Crippen molar-refractivity contribution in [3.05, 3.63) is 63.1 Å². The number of rotatable bonds is 13. The number of nitrogens with one attached hydrogen (secondary N) is 1. The quantitative estimate of drug-likeness (QED) is 0.314. The first-order valence-electron chi connectivity index (χ1n) is 12.1. The Labute approximate surface area is 235 Å². The van der Waals surface area contributed by atoms with Crippen LogP contribution in [0.2, 0.25) is 15.1 Å². The maximum Gasteiger partial charge on any atom is 0.243 e. The number of benzene rings is 2. The molecule has 1 N–H and O–H groups in total. The van der Waals surface area contributed by atoms with E-state index in [1.54, 1.807) is 42.5 Å². The zero-order chi connectivity index (χ0) is 27.8. The number of halogens is 3. The molecular weight excluding hydrogens is 557 g/mol. The maximum atomic E-state index is 13.5. The van der Waals surface area contributed by atoms with E-state index < -0.39 is 16.1 Å². The summed E-state index contributed by atoms with van der Waals surface area (Å²) in [4.78, 5) is 28.1. The third kappa shape index (κ3) is 9.36. The summed E-state index contributed by atoms with van der Waals surface area (Å²) in [6, 6.07) is 10.9. The van der Waals surface area contributed by atoms with E-state index in [9.17, 15) is 18.0 Å². The summed E-state index contributed by atoms with van der Waals surface area (Å²) >= 11 is 18.3. The van der Waals surface area contributed by atoms with Crippen LogP contribution >= 0.6 is 34.8 Å². The smallest absolute Gasteiger partial charge is 0.243 e. The molecule has 2 rings (SSSR count). The molecule has 0 saturated heterocycles. The van der Waals surface area contributed by atoms with Gasteiger partial charge in [-0.05, 0) is 62.1 Å². The highest BCUT2D eigenvalue weighted by Gasteiger charge is 2.29. The van der Waals surface area contributed by atoms with Gasteiger partial charge in [-0.3, -0.25) is 13.9 Å². The highest BCUT2D eigenvalue weighted by molar-refractivity contribution is 7.92. The molecule has 204 valence electrons. The van der Waals surface area contributed by atoms with Crippen molar-refractivity contribution < 1.29 is 18.0 Å². The fourth-order valence-corrected chi connectivity index (χ4v) is 5.29. The summed E-state index contributed by atoms with van der Waals surface area (Å²) in [5.74, 6) is -0.501. The molecule has 2 aromatic carbocycles. The van der Waals surface area contributed by atoms with Crippen LogP contribution in [0.25, 0.3) is 0 Å². The predicted octanol–water partition coefficient (Wildman–Crippen LogP) is 5.92. The standard InChI is InChI=1S/C26H34Cl3N3O4S/c1-5-18(3)30-26(34)24(6-2)31(17-19-12-13-22(28)23(29)15-19)25(33)11-8-14-32(37(4,35)36)21-10-7-9-20(27)16-21/h7,9-10,12-13,15-16,18,24H,5-6,8,11,14,17H2,1-4H3,(H,30,34)/t18-,24-/m0/s1. The number of hydrogen-bond donors (Lipinski definition) is 1. The van der Waals surface area contributed by atoms with Gasteiger partial charge < -0.3 is 10.2 Å². The SMILES string of the molecule is CC[C@H](C)NC(=O)[C@H](CC)N(Cc1ccc(Cl)c(Cl)c1)C(=O)CCCN(c1cccc(Cl)c1)S(C)(=O)=O. The molecule has 0 aliphatic carbocycles. The van der Waals surface area contributed by atoms with Crippen LogP contribution in [0.5, 0.6) is 0 Å². The lowest BCUT2D eigenvalue weighted by molar-refractivity contribution is -0.141. The lowest BCUT2D eigenvalue weighted by Gasteiger charge is -2.32. The molecule has 0 aromatic heterocycles. The molecule has 2 aromatic rings. The van der Waals surface area contributed by atoms with Crippen molar-refractivity contribution in [1.29, 1.82) is 0 Å². The first-order chi connectivity index (χ1) is 17.4. The Balaban J connectivity index is 2.25. The number of hydrogen-bond acceptors (Lipinski definition) is 4. The average Bonchev–Trinajstić information content (AvgIpc) is 2.82. The number of amides is 2. The van der Waals surface area contributed by atoms with Crippen LogP contribution in [0.4, 0.5) is 5.69 Å². The normalized spacial score (nSPS) is 13.1. The van der Waals surface area contributed by atoms with Gasteiger partial charge in [0.1, 0.15) is 6.04 Å². The topological polar surface area (TPSA) is 86.8 Å². The first-order valence-corrected chi connectivity index (χ1v) is 15.1. The minimum Gasteiger partial charge on any atom is -0.352 e. The van der Waals surface area contributed by atoms with Gasteiger partial charge in [-0.1, -0.05) is 60.8 Å². The molecule has 0 unspecified atom stereocenters. The number of nitrogens with zero attached hydrogens (tertiary/aromatic N) is 2. The zero-order valence-electron chi connectivity index (χ0n) is 21.5. The van der Waals surface area contributed by atoms with Crippen molar-refractivity contribution >= 4 is 62.3 Å². The summed E-state index contributed by atoms with van der Waals surface area (Å²) < 4.78 is 26.1. The second kappa shape index (κ2) is 14.2. The molecule has 0 bridgehead atoms. The molecule has 11 heteroatoms. The Kier molecular flexibility index (Phi) is 12.0. The van der Waals surface area contributed by atoms with Crippen molar-refractivity contribution in [3.63, 3.8) is 0 Å². The first kappa shape index (κ1) is 31.2. The lowest BCUT2D eigenvalue weighted by Crippen LogP contribution is -2.50. The number of anilines is 1. The third-order valence-corrected chi connectivity index (χ3v) is 8.14. The molecule has 0 aliphatic heterocycles. The van der Waals surface area contributed by atoms with Gasteiger partial charge in [0, 0.05) is 30.6 Å². The molecule has 0 fully saturated rings. The van der Waals surface area contributed by atoms with E-state index in [1.807, 2.05) is 20.8 Å². The lowest BCUT2D eigenvalue weighted by atomic mass is 10.1. The van der Waals surface area contributed by atoms with Gasteiger partial charge in [0.25, 0.3) is 0 Å². The Morgan fingerprint density at radius 1 is 1.00 bits per heavy atom. The van der Waals surface area contributed by atoms with Gasteiger partial charge >= 0.3 is 0 Å². The minimum atomic E-state index is -3.60. The summed E-state index contributed by atoms with van der Waals surface area (Å²) in [5.41, 5.74) is 1.16. The molecule has 37 heavy (non-hydrogen) atoms. The molecular formula is C26H34Cl3N3O4S. The van der Waals surface area contributed by atoms with E-state index in [1.165, 1.54) is 9.21 Å². The number of carbonyl (C=O) groups excluding carboxylic acids is 2. The van der Waals surface area contributed by atoms with Crippen LogP contribution in [-0.2, 0) is 26.2 Å². The monoisotopic (exact) mass is 589 g/mol. The van der Waals surface area contributed by atoms with Gasteiger partial charge in [-0.15, -0.1) is 0 Å². The number of carbonyl (C=O) groups is 2. The van der Waals surface area contributed by atoms with Crippen LogP contribution in [0, 0.1) is 0 Å². The fourth-order valence-electron chi connectivity index (χ4n) is 3.83. The summed E-state index contributed by atoms with van der Waals surface area (Å²) in [5, 5.41) is 4.12. The van der Waals surface area contributed by atoms with Crippen LogP contribution < -0.4 is 9.62 Å². The third-order valence-electron chi connectivity index (χ3n) is 5.97. The Hall–Kier alpha value is -2.00. The van der Waals surface area contributed by atoms with E-state index in [-0.39, 0.29) is 43.8 Å². The van der Waals surface area contributed by atoms with Crippen LogP contribution in [0.15, 0.2) is 42.5 Å². The average molecular weight is 591 g/mol. The van der Waals surface area contributed by atoms with Gasteiger partial charge in [-0.2, -0.15) is 0 Å². The van der Waals surface area contributed by atoms with Crippen LogP contribution in [-0.4, -0.2) is 50.0 Å². The predicted molar refractivity (Wildman–Crippen MR) is 152 cm³/mol. The van der Waals surface area contributed by atoms with Crippen molar-refractivity contribution in [3.8, 4) is 0 Å². The highest BCUT2D eigenvalue weighted by atomic mass is 35.5. The van der Waals surface area contributed by atoms with Crippen LogP contribution in [0.3, 0.4) is 0 Å².